The van der Waals surface area contributed by atoms with Gasteiger partial charge in [-0.2, -0.15) is 0 Å². The van der Waals surface area contributed by atoms with E-state index in [0.717, 1.165) is 0 Å². The van der Waals surface area contributed by atoms with Crippen molar-refractivity contribution in [1.82, 2.24) is 35.6 Å². The van der Waals surface area contributed by atoms with Crippen molar-refractivity contribution >= 4 is 59.1 Å². The summed E-state index contributed by atoms with van der Waals surface area (Å²) < 4.78 is 17.3. The van der Waals surface area contributed by atoms with Crippen molar-refractivity contribution in [1.29, 1.82) is 0 Å². The molecule has 0 radical (unpaired) electrons. The number of esters is 2. The molecule has 3 aliphatic heterocycles. The maximum atomic E-state index is 15.1. The number of likely N-dealkylation sites (N-methyl/N-ethyl adjacent to an activating group) is 2. The quantitative estimate of drug-likeness (QED) is 0.111. The number of aliphatic hydroxyl groups excluding tert-OH is 1. The molecule has 7 amide bonds. The van der Waals surface area contributed by atoms with E-state index in [9.17, 15) is 43.5 Å². The Labute approximate surface area is 479 Å². The van der Waals surface area contributed by atoms with Gasteiger partial charge in [0.1, 0.15) is 48.1 Å². The van der Waals surface area contributed by atoms with Gasteiger partial charge in [-0.1, -0.05) is 87.3 Å². The first-order chi connectivity index (χ1) is 38.1. The molecule has 3 heterocycles. The zero-order valence-electron chi connectivity index (χ0n) is 50.4. The lowest BCUT2D eigenvalue weighted by atomic mass is 9.91. The van der Waals surface area contributed by atoms with Crippen molar-refractivity contribution in [2.45, 2.75) is 213 Å². The summed E-state index contributed by atoms with van der Waals surface area (Å²) in [7, 11) is 4.35. The number of nitrogens with two attached hydrogens (primary N) is 1. The van der Waals surface area contributed by atoms with Crippen molar-refractivity contribution in [3.8, 4) is 5.75 Å². The van der Waals surface area contributed by atoms with Crippen LogP contribution in [0.4, 0.5) is 0 Å². The molecule has 0 spiro atoms. The topological polar surface area (TPSA) is 294 Å². The second kappa shape index (κ2) is 30.8. The molecule has 1 aromatic rings. The molecule has 1 aromatic carbocycles. The molecule has 4 rings (SSSR count). The predicted octanol–water partition coefficient (Wildman–Crippen LogP) is 3.06. The number of ether oxygens (including phenoxy) is 3. The predicted molar refractivity (Wildman–Crippen MR) is 301 cm³/mol. The van der Waals surface area contributed by atoms with Crippen LogP contribution >= 0.6 is 0 Å². The van der Waals surface area contributed by atoms with E-state index in [1.807, 2.05) is 34.6 Å². The van der Waals surface area contributed by atoms with Gasteiger partial charge in [0, 0.05) is 33.6 Å². The summed E-state index contributed by atoms with van der Waals surface area (Å²) in [4.78, 5) is 150. The molecule has 454 valence electrons. The number of likely N-dealkylation sites (tertiary alicyclic amines) is 1. The number of carbonyl (C=O) groups is 10. The first kappa shape index (κ1) is 67.3. The lowest BCUT2D eigenvalue weighted by Gasteiger charge is -2.36. The number of benzene rings is 1. The number of nitrogens with zero attached hydrogens (tertiary/aromatic N) is 4. The summed E-state index contributed by atoms with van der Waals surface area (Å²) in [6.07, 6.45) is -2.32. The number of Topliss-reactive ketones (excluding diaryl/α,β-unsaturated/α-hetero) is 1. The second-order valence-electron chi connectivity index (χ2n) is 23.7. The molecule has 6 N–H and O–H groups in total. The van der Waals surface area contributed by atoms with Crippen molar-refractivity contribution in [3.05, 3.63) is 29.8 Å². The molecule has 0 aliphatic carbocycles. The summed E-state index contributed by atoms with van der Waals surface area (Å²) >= 11 is 0. The van der Waals surface area contributed by atoms with Crippen LogP contribution in [-0.4, -0.2) is 185 Å². The first-order valence-corrected chi connectivity index (χ1v) is 29.1. The Morgan fingerprint density at radius 2 is 1.52 bits per heavy atom. The van der Waals surface area contributed by atoms with Gasteiger partial charge in [-0.05, 0) is 100 Å². The number of rotatable bonds is 17. The number of hydrogen-bond acceptors (Lipinski definition) is 15. The molecular formula is C59H94N8O14. The third-order valence-electron chi connectivity index (χ3n) is 16.0. The Kier molecular flexibility index (Phi) is 25.6. The lowest BCUT2D eigenvalue weighted by molar-refractivity contribution is -0.163. The number of aliphatic hydroxyl groups is 1. The van der Waals surface area contributed by atoms with Gasteiger partial charge in [0.15, 0.2) is 11.9 Å². The third-order valence-corrected chi connectivity index (χ3v) is 16.0. The van der Waals surface area contributed by atoms with E-state index in [0.29, 0.717) is 56.4 Å². The molecule has 81 heavy (non-hydrogen) atoms. The number of methoxy groups -OCH3 is 1. The first-order valence-electron chi connectivity index (χ1n) is 29.1. The number of nitrogens with one attached hydrogen (secondary N) is 3. The van der Waals surface area contributed by atoms with E-state index in [1.54, 1.807) is 52.0 Å². The van der Waals surface area contributed by atoms with Crippen LogP contribution in [0.3, 0.4) is 0 Å². The van der Waals surface area contributed by atoms with E-state index in [-0.39, 0.29) is 50.0 Å². The smallest absolute Gasteiger partial charge is 0.329 e. The average molecular weight is 1140 g/mol. The summed E-state index contributed by atoms with van der Waals surface area (Å²) in [5, 5.41) is 20.2. The van der Waals surface area contributed by atoms with Crippen LogP contribution in [-0.2, 0) is 63.8 Å². The second-order valence-corrected chi connectivity index (χ2v) is 23.7. The zero-order chi connectivity index (χ0) is 60.7. The molecule has 22 nitrogen and oxygen atoms in total. The molecule has 2 unspecified atom stereocenters. The van der Waals surface area contributed by atoms with E-state index >= 15 is 9.59 Å². The minimum atomic E-state index is -1.75. The maximum Gasteiger partial charge on any atom is 0.329 e. The average Bonchev–Trinajstić information content (AvgIpc) is 4.23. The van der Waals surface area contributed by atoms with Crippen molar-refractivity contribution < 1.29 is 67.3 Å². The van der Waals surface area contributed by atoms with Gasteiger partial charge < -0.3 is 60.6 Å². The van der Waals surface area contributed by atoms with Gasteiger partial charge in [-0.25, -0.2) is 4.79 Å². The van der Waals surface area contributed by atoms with E-state index < -0.39 is 144 Å². The van der Waals surface area contributed by atoms with E-state index in [4.69, 9.17) is 19.9 Å². The summed E-state index contributed by atoms with van der Waals surface area (Å²) in [5.41, 5.74) is 6.82. The number of carbonyl (C=O) groups excluding carboxylic acids is 10. The van der Waals surface area contributed by atoms with Crippen LogP contribution in [0.15, 0.2) is 24.3 Å². The molecule has 3 aliphatic rings. The van der Waals surface area contributed by atoms with Gasteiger partial charge in [0.05, 0.1) is 37.6 Å². The fourth-order valence-electron chi connectivity index (χ4n) is 10.9. The Bertz CT molecular complexity index is 2370. The fourth-order valence-corrected chi connectivity index (χ4v) is 10.9. The Morgan fingerprint density at radius 1 is 0.877 bits per heavy atom. The van der Waals surface area contributed by atoms with Crippen molar-refractivity contribution in [3.63, 3.8) is 0 Å². The third kappa shape index (κ3) is 17.7. The molecule has 0 saturated carbocycles. The van der Waals surface area contributed by atoms with Gasteiger partial charge in [0.2, 0.25) is 41.4 Å². The van der Waals surface area contributed by atoms with Gasteiger partial charge in [-0.3, -0.25) is 43.2 Å². The van der Waals surface area contributed by atoms with Crippen LogP contribution in [0.5, 0.6) is 5.75 Å². The minimum Gasteiger partial charge on any atom is -0.497 e. The summed E-state index contributed by atoms with van der Waals surface area (Å²) in [6, 6.07) is -2.81. The highest BCUT2D eigenvalue weighted by atomic mass is 16.6. The number of fused-ring (bicyclic) bond motifs is 1. The summed E-state index contributed by atoms with van der Waals surface area (Å²) in [6.45, 7) is 19.2. The minimum absolute atomic E-state index is 0.0987. The molecule has 3 fully saturated rings. The largest absolute Gasteiger partial charge is 0.497 e. The fraction of sp³-hybridized carbons (Fsp3) is 0.729. The van der Waals surface area contributed by atoms with Crippen LogP contribution in [0.25, 0.3) is 0 Å². The van der Waals surface area contributed by atoms with E-state index in [1.165, 1.54) is 54.7 Å². The number of amides is 7. The molecule has 0 aromatic heterocycles. The zero-order valence-corrected chi connectivity index (χ0v) is 50.4. The highest BCUT2D eigenvalue weighted by Gasteiger charge is 2.46. The molecular weight excluding hydrogens is 1040 g/mol. The Morgan fingerprint density at radius 3 is 2.10 bits per heavy atom. The van der Waals surface area contributed by atoms with Gasteiger partial charge >= 0.3 is 11.9 Å². The Hall–Kier alpha value is -6.16. The van der Waals surface area contributed by atoms with Crippen LogP contribution in [0.2, 0.25) is 0 Å². The molecule has 22 heteroatoms. The van der Waals surface area contributed by atoms with E-state index in [2.05, 4.69) is 16.0 Å². The highest BCUT2D eigenvalue weighted by Crippen LogP contribution is 2.27. The standard InChI is InChI=1S/C59H94N8O14/c1-15-19-40(60)55(74)66-26-17-20-42(66)57(76)64(12)44(29-33(5)6)53(72)63-49-37(11)80-59(78)45(30-38-22-24-39(79-14)25-23-38)65(13)58(77)43-21-18-27-67(43)56(75)41(28-32(3)4)61-52(71)36(10)50(70)51(34(7)8)81-47(69)31-46(68)48(35(9)16-2)62-54(49)73/h22-25,32-37,40-46,48-49,51,68H,15-21,26-31,60H2,1-14H3,(H,61,71)(H,62,73)(H,63,72)/t35-,36-,37+,40?,41-,42?,43-,44+,45-,46-,48+,49+,51-/m0/s1. The van der Waals surface area contributed by atoms with Gasteiger partial charge in [-0.15, -0.1) is 0 Å². The Balaban J connectivity index is 1.88. The highest BCUT2D eigenvalue weighted by molar-refractivity contribution is 6.05. The number of ketones is 1. The normalized spacial score (nSPS) is 27.3. The monoisotopic (exact) mass is 1140 g/mol. The van der Waals surface area contributed by atoms with Crippen LogP contribution < -0.4 is 26.4 Å². The van der Waals surface area contributed by atoms with Crippen LogP contribution in [0, 0.1) is 29.6 Å². The maximum absolute atomic E-state index is 15.1. The molecule has 3 saturated heterocycles. The SMILES string of the molecule is CCCC(N)C(=O)N1CCCC1C(=O)N(C)[C@H](CC(C)C)C(=O)N[C@H]1C(=O)N[C@H]([C@@H](C)CC)[C@@H](O)CC(=O)O[C@@H](C(C)C)C(=O)[C@H](C)C(=O)N[C@@H](CC(C)C)C(=O)N2CCC[C@H]2C(=O)N(C)[C@@H](Cc2ccc(OC)cc2)C(=O)O[C@@H]1C. The van der Waals surface area contributed by atoms with Gasteiger partial charge in [0.25, 0.3) is 0 Å². The van der Waals surface area contributed by atoms with Crippen molar-refractivity contribution in [2.24, 2.45) is 35.3 Å². The summed E-state index contributed by atoms with van der Waals surface area (Å²) in [5.74, 6) is -9.79. The lowest BCUT2D eigenvalue weighted by Crippen LogP contribution is -2.62. The number of cyclic esters (lactones) is 2. The molecule has 13 atom stereocenters. The van der Waals surface area contributed by atoms with Crippen LogP contribution in [0.1, 0.15) is 146 Å². The molecule has 0 bridgehead atoms. The number of hydrogen-bond donors (Lipinski definition) is 5. The van der Waals surface area contributed by atoms with Crippen molar-refractivity contribution in [2.75, 3.05) is 34.3 Å².